The predicted octanol–water partition coefficient (Wildman–Crippen LogP) is 3.98. The van der Waals surface area contributed by atoms with Crippen molar-refractivity contribution in [3.05, 3.63) is 65.1 Å². The number of fused-ring (bicyclic) bond motifs is 2. The molecule has 0 aliphatic carbocycles. The Morgan fingerprint density at radius 1 is 1.04 bits per heavy atom. The first-order chi connectivity index (χ1) is 12.3. The molecule has 1 aliphatic heterocycles. The van der Waals surface area contributed by atoms with Crippen LogP contribution in [0.5, 0.6) is 0 Å². The lowest BCUT2D eigenvalue weighted by Crippen LogP contribution is -2.17. The molecule has 0 atom stereocenters. The summed E-state index contributed by atoms with van der Waals surface area (Å²) in [7, 11) is 0. The first kappa shape index (κ1) is 14.5. The zero-order valence-electron chi connectivity index (χ0n) is 13.7. The standard InChI is InChI=1S/C19H15N5S/c1-12-6-7-17(25-12)18-22-15-5-3-2-4-14(15)19(23-18)24-9-13-8-20-11-21-16(13)10-24/h2-8,11H,9-10H2,1H3. The number of rotatable bonds is 2. The van der Waals surface area contributed by atoms with Gasteiger partial charge in [-0.15, -0.1) is 11.3 Å². The molecule has 5 rings (SSSR count). The molecule has 4 heterocycles. The molecule has 0 fully saturated rings. The number of para-hydroxylation sites is 1. The van der Waals surface area contributed by atoms with Crippen LogP contribution in [0.4, 0.5) is 5.82 Å². The maximum absolute atomic E-state index is 4.93. The fourth-order valence-corrected chi connectivity index (χ4v) is 4.02. The molecule has 0 N–H and O–H groups in total. The zero-order chi connectivity index (χ0) is 16.8. The van der Waals surface area contributed by atoms with E-state index >= 15 is 0 Å². The quantitative estimate of drug-likeness (QED) is 0.550. The van der Waals surface area contributed by atoms with E-state index in [1.54, 1.807) is 17.7 Å². The van der Waals surface area contributed by atoms with Gasteiger partial charge in [-0.25, -0.2) is 19.9 Å². The van der Waals surface area contributed by atoms with Crippen molar-refractivity contribution in [3.8, 4) is 10.7 Å². The number of aromatic nitrogens is 4. The van der Waals surface area contributed by atoms with Crippen LogP contribution in [-0.2, 0) is 13.1 Å². The number of thiophene rings is 1. The molecule has 3 aromatic heterocycles. The largest absolute Gasteiger partial charge is 0.346 e. The van der Waals surface area contributed by atoms with Gasteiger partial charge < -0.3 is 4.90 Å². The molecule has 25 heavy (non-hydrogen) atoms. The molecule has 0 amide bonds. The number of anilines is 1. The van der Waals surface area contributed by atoms with Gasteiger partial charge in [0.1, 0.15) is 12.1 Å². The lowest BCUT2D eigenvalue weighted by molar-refractivity contribution is 0.852. The van der Waals surface area contributed by atoms with Gasteiger partial charge in [0.25, 0.3) is 0 Å². The van der Waals surface area contributed by atoms with E-state index in [0.29, 0.717) is 0 Å². The number of hydrogen-bond donors (Lipinski definition) is 0. The van der Waals surface area contributed by atoms with E-state index < -0.39 is 0 Å². The summed E-state index contributed by atoms with van der Waals surface area (Å²) in [5.74, 6) is 1.75. The number of benzene rings is 1. The van der Waals surface area contributed by atoms with Crippen molar-refractivity contribution in [1.82, 2.24) is 19.9 Å². The Morgan fingerprint density at radius 3 is 2.80 bits per heavy atom. The minimum Gasteiger partial charge on any atom is -0.346 e. The van der Waals surface area contributed by atoms with Crippen molar-refractivity contribution in [2.24, 2.45) is 0 Å². The SMILES string of the molecule is Cc1ccc(-c2nc(N3Cc4cncnc4C3)c3ccccc3n2)s1. The first-order valence-corrected chi connectivity index (χ1v) is 8.96. The smallest absolute Gasteiger partial charge is 0.172 e. The van der Waals surface area contributed by atoms with Gasteiger partial charge in [0.2, 0.25) is 0 Å². The van der Waals surface area contributed by atoms with Gasteiger partial charge in [0, 0.05) is 28.6 Å². The topological polar surface area (TPSA) is 54.8 Å². The molecule has 0 saturated carbocycles. The third kappa shape index (κ3) is 2.46. The number of hydrogen-bond acceptors (Lipinski definition) is 6. The average molecular weight is 345 g/mol. The molecule has 6 heteroatoms. The van der Waals surface area contributed by atoms with Crippen molar-refractivity contribution in [2.45, 2.75) is 20.0 Å². The third-order valence-electron chi connectivity index (χ3n) is 4.43. The van der Waals surface area contributed by atoms with Crippen molar-refractivity contribution in [1.29, 1.82) is 0 Å². The van der Waals surface area contributed by atoms with E-state index in [1.807, 2.05) is 24.4 Å². The predicted molar refractivity (Wildman–Crippen MR) is 99.5 cm³/mol. The highest BCUT2D eigenvalue weighted by Gasteiger charge is 2.24. The van der Waals surface area contributed by atoms with Gasteiger partial charge in [-0.2, -0.15) is 0 Å². The fraction of sp³-hybridized carbons (Fsp3) is 0.158. The van der Waals surface area contributed by atoms with Gasteiger partial charge in [-0.1, -0.05) is 12.1 Å². The second-order valence-corrected chi connectivity index (χ2v) is 7.44. The number of nitrogens with zero attached hydrogens (tertiary/aromatic N) is 5. The zero-order valence-corrected chi connectivity index (χ0v) is 14.5. The maximum atomic E-state index is 4.93. The van der Waals surface area contributed by atoms with Crippen molar-refractivity contribution < 1.29 is 0 Å². The van der Waals surface area contributed by atoms with Gasteiger partial charge >= 0.3 is 0 Å². The molecule has 122 valence electrons. The Labute approximate surface area is 149 Å². The summed E-state index contributed by atoms with van der Waals surface area (Å²) >= 11 is 1.72. The minimum absolute atomic E-state index is 0.752. The Morgan fingerprint density at radius 2 is 1.96 bits per heavy atom. The van der Waals surface area contributed by atoms with E-state index in [1.165, 1.54) is 10.4 Å². The van der Waals surface area contributed by atoms with Crippen LogP contribution in [0, 0.1) is 6.92 Å². The summed E-state index contributed by atoms with van der Waals surface area (Å²) in [6.07, 6.45) is 3.51. The molecule has 0 unspecified atom stereocenters. The Balaban J connectivity index is 1.67. The second-order valence-electron chi connectivity index (χ2n) is 6.15. The van der Waals surface area contributed by atoms with Gasteiger partial charge in [0.15, 0.2) is 5.82 Å². The molecular weight excluding hydrogens is 330 g/mol. The van der Waals surface area contributed by atoms with Crippen LogP contribution in [0.2, 0.25) is 0 Å². The van der Waals surface area contributed by atoms with Crippen LogP contribution >= 0.6 is 11.3 Å². The summed E-state index contributed by atoms with van der Waals surface area (Å²) in [4.78, 5) is 22.9. The van der Waals surface area contributed by atoms with Crippen LogP contribution in [-0.4, -0.2) is 19.9 Å². The molecule has 1 aromatic carbocycles. The molecule has 0 bridgehead atoms. The monoisotopic (exact) mass is 345 g/mol. The van der Waals surface area contributed by atoms with Crippen LogP contribution in [0.25, 0.3) is 21.6 Å². The Kier molecular flexibility index (Phi) is 3.24. The van der Waals surface area contributed by atoms with E-state index in [0.717, 1.165) is 46.2 Å². The van der Waals surface area contributed by atoms with Crippen molar-refractivity contribution >= 4 is 28.1 Å². The van der Waals surface area contributed by atoms with E-state index in [2.05, 4.69) is 40.0 Å². The van der Waals surface area contributed by atoms with Gasteiger partial charge in [-0.05, 0) is 31.2 Å². The lowest BCUT2D eigenvalue weighted by atomic mass is 10.2. The normalized spacial score (nSPS) is 13.4. The fourth-order valence-electron chi connectivity index (χ4n) is 3.22. The van der Waals surface area contributed by atoms with Crippen LogP contribution in [0.15, 0.2) is 48.9 Å². The summed E-state index contributed by atoms with van der Waals surface area (Å²) in [6.45, 7) is 3.63. The minimum atomic E-state index is 0.752. The molecule has 0 saturated heterocycles. The molecule has 1 aliphatic rings. The highest BCUT2D eigenvalue weighted by atomic mass is 32.1. The molecule has 4 aromatic rings. The van der Waals surface area contributed by atoms with Gasteiger partial charge in [-0.3, -0.25) is 0 Å². The highest BCUT2D eigenvalue weighted by molar-refractivity contribution is 7.15. The van der Waals surface area contributed by atoms with Crippen molar-refractivity contribution in [3.63, 3.8) is 0 Å². The maximum Gasteiger partial charge on any atom is 0.172 e. The summed E-state index contributed by atoms with van der Waals surface area (Å²) in [5, 5.41) is 1.07. The van der Waals surface area contributed by atoms with E-state index in [-0.39, 0.29) is 0 Å². The van der Waals surface area contributed by atoms with Crippen LogP contribution in [0.1, 0.15) is 16.1 Å². The molecule has 0 spiro atoms. The summed E-state index contributed by atoms with van der Waals surface area (Å²) in [6, 6.07) is 12.4. The van der Waals surface area contributed by atoms with Gasteiger partial charge in [0.05, 0.1) is 22.6 Å². The summed E-state index contributed by atoms with van der Waals surface area (Å²) in [5.41, 5.74) is 3.21. The lowest BCUT2D eigenvalue weighted by Gasteiger charge is -2.19. The highest BCUT2D eigenvalue weighted by Crippen LogP contribution is 2.34. The average Bonchev–Trinajstić information content (AvgIpc) is 3.27. The second kappa shape index (κ2) is 5.60. The van der Waals surface area contributed by atoms with Crippen LogP contribution < -0.4 is 4.90 Å². The van der Waals surface area contributed by atoms with Crippen molar-refractivity contribution in [2.75, 3.05) is 4.90 Å². The Hall–Kier alpha value is -2.86. The number of aryl methyl sites for hydroxylation is 1. The molecular formula is C19H15N5S. The molecule has 0 radical (unpaired) electrons. The third-order valence-corrected chi connectivity index (χ3v) is 5.42. The Bertz CT molecular complexity index is 1060. The first-order valence-electron chi connectivity index (χ1n) is 8.14. The van der Waals surface area contributed by atoms with Crippen LogP contribution in [0.3, 0.4) is 0 Å². The summed E-state index contributed by atoms with van der Waals surface area (Å²) < 4.78 is 0. The van der Waals surface area contributed by atoms with E-state index in [4.69, 9.17) is 9.97 Å². The van der Waals surface area contributed by atoms with E-state index in [9.17, 15) is 0 Å². The molecule has 5 nitrogen and oxygen atoms in total.